The maximum atomic E-state index is 12.8. The van der Waals surface area contributed by atoms with Crippen LogP contribution in [0.3, 0.4) is 0 Å². The Morgan fingerprint density at radius 2 is 0.574 bits per heavy atom. The lowest BCUT2D eigenvalue weighted by Gasteiger charge is -2.18. The minimum atomic E-state index is -0.806. The van der Waals surface area contributed by atoms with Crippen LogP contribution in [0.2, 0.25) is 0 Å². The molecule has 6 nitrogen and oxygen atoms in total. The number of rotatable bonds is 50. The highest BCUT2D eigenvalue weighted by Crippen LogP contribution is 2.14. The molecule has 0 heterocycles. The maximum absolute atomic E-state index is 12.8. The molecule has 0 saturated heterocycles. The number of carbonyl (C=O) groups excluding carboxylic acids is 3. The van der Waals surface area contributed by atoms with Crippen LogP contribution in [-0.4, -0.2) is 37.2 Å². The van der Waals surface area contributed by atoms with E-state index in [1.54, 1.807) is 0 Å². The summed E-state index contributed by atoms with van der Waals surface area (Å²) in [4.78, 5) is 38.1. The lowest BCUT2D eigenvalue weighted by Crippen LogP contribution is -2.30. The van der Waals surface area contributed by atoms with Gasteiger partial charge in [0.05, 0.1) is 0 Å². The van der Waals surface area contributed by atoms with Gasteiger partial charge in [0.2, 0.25) is 0 Å². The molecule has 0 spiro atoms. The summed E-state index contributed by atoms with van der Waals surface area (Å²) < 4.78 is 16.8. The van der Waals surface area contributed by atoms with Crippen LogP contribution in [0.15, 0.2) is 97.2 Å². The molecule has 1 atom stereocenters. The molecule has 0 aromatic carbocycles. The van der Waals surface area contributed by atoms with E-state index in [-0.39, 0.29) is 37.5 Å². The molecule has 0 aliphatic rings. The van der Waals surface area contributed by atoms with Gasteiger partial charge in [-0.1, -0.05) is 214 Å². The zero-order chi connectivity index (χ0) is 49.3. The smallest absolute Gasteiger partial charge is 0.306 e. The van der Waals surface area contributed by atoms with E-state index in [9.17, 15) is 14.4 Å². The van der Waals surface area contributed by atoms with Gasteiger partial charge in [-0.15, -0.1) is 0 Å². The van der Waals surface area contributed by atoms with Crippen LogP contribution in [0, 0.1) is 0 Å². The van der Waals surface area contributed by atoms with Crippen LogP contribution in [0.1, 0.15) is 258 Å². The third kappa shape index (κ3) is 53.3. The molecular weight excluding hydrogens is 841 g/mol. The lowest BCUT2D eigenvalue weighted by atomic mass is 10.1. The molecule has 6 heteroatoms. The zero-order valence-electron chi connectivity index (χ0n) is 44.3. The Morgan fingerprint density at radius 3 is 0.971 bits per heavy atom. The number of allylic oxidation sites excluding steroid dienone is 16. The van der Waals surface area contributed by atoms with Crippen molar-refractivity contribution in [2.75, 3.05) is 13.2 Å². The summed E-state index contributed by atoms with van der Waals surface area (Å²) in [5.41, 5.74) is 0. The van der Waals surface area contributed by atoms with Crippen molar-refractivity contribution in [1.29, 1.82) is 0 Å². The zero-order valence-corrected chi connectivity index (χ0v) is 44.3. The molecule has 0 bridgehead atoms. The van der Waals surface area contributed by atoms with E-state index >= 15 is 0 Å². The molecule has 0 amide bonds. The van der Waals surface area contributed by atoms with Crippen molar-refractivity contribution in [1.82, 2.24) is 0 Å². The summed E-state index contributed by atoms with van der Waals surface area (Å²) in [6.45, 7) is 6.44. The van der Waals surface area contributed by atoms with Crippen molar-refractivity contribution in [2.45, 2.75) is 264 Å². The van der Waals surface area contributed by atoms with Gasteiger partial charge < -0.3 is 14.2 Å². The molecule has 0 radical (unpaired) electrons. The van der Waals surface area contributed by atoms with E-state index in [0.717, 1.165) is 109 Å². The first kappa shape index (κ1) is 64.3. The molecule has 0 aliphatic heterocycles. The molecule has 0 N–H and O–H groups in total. The SMILES string of the molecule is CC/C=C\C/C=C\C/C=C\C/C=C\CCCCC(=O)OC(COC(=O)CCCCCCC/C=C\CCCCC)COC(=O)CCCCCCCCCC/C=C\C/C=C\C/C=C\CCCCCCC. The standard InChI is InChI=1S/C62H104O6/c1-4-7-10-13-16-19-22-25-27-28-29-30-31-32-33-34-36-37-40-43-46-49-52-55-61(64)67-58-59(57-66-60(63)54-51-48-45-42-39-24-21-18-15-12-9-6-3)68-62(65)56-53-50-47-44-41-38-35-26-23-20-17-14-11-8-5-2/h8,11,17-18,20-22,25-26,28-29,31-32,35,41,44,59H,4-7,9-10,12-16,19,23-24,27,30,33-34,36-40,42-43,45-58H2,1-3H3/b11-8-,20-17-,21-18-,25-22-,29-28-,32-31-,35-26-,44-41-. The van der Waals surface area contributed by atoms with Crippen molar-refractivity contribution >= 4 is 17.9 Å². The number of carbonyl (C=O) groups is 3. The number of hydrogen-bond donors (Lipinski definition) is 0. The monoisotopic (exact) mass is 945 g/mol. The first-order valence-electron chi connectivity index (χ1n) is 28.2. The van der Waals surface area contributed by atoms with Gasteiger partial charge in [-0.05, 0) is 122 Å². The Labute approximate surface area is 419 Å². The maximum Gasteiger partial charge on any atom is 0.306 e. The fourth-order valence-electron chi connectivity index (χ4n) is 7.55. The molecule has 0 aliphatic carbocycles. The second-order valence-electron chi connectivity index (χ2n) is 18.5. The van der Waals surface area contributed by atoms with Gasteiger partial charge in [0.1, 0.15) is 13.2 Å². The molecular formula is C62H104O6. The molecule has 0 aromatic rings. The van der Waals surface area contributed by atoms with E-state index in [4.69, 9.17) is 14.2 Å². The van der Waals surface area contributed by atoms with Crippen molar-refractivity contribution in [2.24, 2.45) is 0 Å². The molecule has 68 heavy (non-hydrogen) atoms. The van der Waals surface area contributed by atoms with Crippen LogP contribution in [0.25, 0.3) is 0 Å². The van der Waals surface area contributed by atoms with E-state index in [1.165, 1.54) is 103 Å². The largest absolute Gasteiger partial charge is 0.462 e. The van der Waals surface area contributed by atoms with E-state index in [0.29, 0.717) is 19.3 Å². The summed E-state index contributed by atoms with van der Waals surface area (Å²) in [6, 6.07) is 0. The van der Waals surface area contributed by atoms with Crippen LogP contribution in [0.5, 0.6) is 0 Å². The van der Waals surface area contributed by atoms with Gasteiger partial charge in [-0.3, -0.25) is 14.4 Å². The Morgan fingerprint density at radius 1 is 0.309 bits per heavy atom. The average Bonchev–Trinajstić information content (AvgIpc) is 3.34. The normalized spacial score (nSPS) is 12.8. The number of unbranched alkanes of at least 4 members (excludes halogenated alkanes) is 23. The van der Waals surface area contributed by atoms with E-state index < -0.39 is 6.10 Å². The highest BCUT2D eigenvalue weighted by molar-refractivity contribution is 5.71. The predicted molar refractivity (Wildman–Crippen MR) is 293 cm³/mol. The fourth-order valence-corrected chi connectivity index (χ4v) is 7.55. The van der Waals surface area contributed by atoms with Crippen molar-refractivity contribution in [3.63, 3.8) is 0 Å². The summed E-state index contributed by atoms with van der Waals surface area (Å²) in [6.07, 6.45) is 74.0. The number of hydrogen-bond acceptors (Lipinski definition) is 6. The molecule has 0 rings (SSSR count). The van der Waals surface area contributed by atoms with E-state index in [2.05, 4.69) is 118 Å². The van der Waals surface area contributed by atoms with Crippen LogP contribution in [-0.2, 0) is 28.6 Å². The number of ether oxygens (including phenoxy) is 3. The Hall–Kier alpha value is -3.67. The van der Waals surface area contributed by atoms with Crippen molar-refractivity contribution in [3.8, 4) is 0 Å². The average molecular weight is 946 g/mol. The number of esters is 3. The van der Waals surface area contributed by atoms with Gasteiger partial charge in [-0.2, -0.15) is 0 Å². The molecule has 0 fully saturated rings. The first-order valence-corrected chi connectivity index (χ1v) is 28.2. The second-order valence-corrected chi connectivity index (χ2v) is 18.5. The minimum Gasteiger partial charge on any atom is -0.462 e. The Kier molecular flexibility index (Phi) is 52.9. The summed E-state index contributed by atoms with van der Waals surface area (Å²) in [5.74, 6) is -0.959. The first-order chi connectivity index (χ1) is 33.5. The highest BCUT2D eigenvalue weighted by atomic mass is 16.6. The summed E-state index contributed by atoms with van der Waals surface area (Å²) in [5, 5.41) is 0. The Balaban J connectivity index is 4.39. The van der Waals surface area contributed by atoms with E-state index in [1.807, 2.05) is 0 Å². The molecule has 0 aromatic heterocycles. The molecule has 1 unspecified atom stereocenters. The highest BCUT2D eigenvalue weighted by Gasteiger charge is 2.19. The van der Waals surface area contributed by atoms with Gasteiger partial charge >= 0.3 is 17.9 Å². The van der Waals surface area contributed by atoms with Crippen LogP contribution >= 0.6 is 0 Å². The molecule has 388 valence electrons. The van der Waals surface area contributed by atoms with Gasteiger partial charge in [0.25, 0.3) is 0 Å². The Bertz CT molecular complexity index is 1360. The fraction of sp³-hybridized carbons (Fsp3) is 0.694. The molecule has 0 saturated carbocycles. The van der Waals surface area contributed by atoms with Crippen LogP contribution in [0.4, 0.5) is 0 Å². The second kappa shape index (κ2) is 55.9. The van der Waals surface area contributed by atoms with Crippen molar-refractivity contribution < 1.29 is 28.6 Å². The van der Waals surface area contributed by atoms with Gasteiger partial charge in [0.15, 0.2) is 6.10 Å². The van der Waals surface area contributed by atoms with Crippen LogP contribution < -0.4 is 0 Å². The van der Waals surface area contributed by atoms with Gasteiger partial charge in [-0.25, -0.2) is 0 Å². The van der Waals surface area contributed by atoms with Crippen molar-refractivity contribution in [3.05, 3.63) is 97.2 Å². The minimum absolute atomic E-state index is 0.101. The summed E-state index contributed by atoms with van der Waals surface area (Å²) >= 11 is 0. The lowest BCUT2D eigenvalue weighted by molar-refractivity contribution is -0.167. The quantitative estimate of drug-likeness (QED) is 0.0262. The summed E-state index contributed by atoms with van der Waals surface area (Å²) in [7, 11) is 0. The third-order valence-corrected chi connectivity index (χ3v) is 11.8. The third-order valence-electron chi connectivity index (χ3n) is 11.8. The topological polar surface area (TPSA) is 78.9 Å². The predicted octanol–water partition coefficient (Wildman–Crippen LogP) is 18.9. The van der Waals surface area contributed by atoms with Gasteiger partial charge in [0, 0.05) is 19.3 Å².